The molecule has 2 rings (SSSR count). The Balaban J connectivity index is 1.78. The molecule has 0 radical (unpaired) electrons. The molecular formula is C14H21NO2. The zero-order valence-electron chi connectivity index (χ0n) is 10.4. The largest absolute Gasteiger partial charge is 0.391 e. The third-order valence-corrected chi connectivity index (χ3v) is 3.30. The summed E-state index contributed by atoms with van der Waals surface area (Å²) >= 11 is 0. The molecule has 1 aromatic carbocycles. The van der Waals surface area contributed by atoms with E-state index in [1.807, 2.05) is 25.2 Å². The van der Waals surface area contributed by atoms with Gasteiger partial charge in [0.2, 0.25) is 0 Å². The van der Waals surface area contributed by atoms with Crippen molar-refractivity contribution in [2.45, 2.75) is 19.1 Å². The molecule has 1 N–H and O–H groups in total. The Bertz CT molecular complexity index is 322. The maximum Gasteiger partial charge on any atom is 0.0718 e. The second kappa shape index (κ2) is 6.15. The summed E-state index contributed by atoms with van der Waals surface area (Å²) in [7, 11) is 2.05. The van der Waals surface area contributed by atoms with E-state index in [1.54, 1.807) is 0 Å². The van der Waals surface area contributed by atoms with Crippen LogP contribution in [0.15, 0.2) is 30.3 Å². The minimum atomic E-state index is -0.272. The molecular weight excluding hydrogens is 214 g/mol. The van der Waals surface area contributed by atoms with Gasteiger partial charge in [-0.15, -0.1) is 0 Å². The molecule has 1 aliphatic heterocycles. The highest BCUT2D eigenvalue weighted by molar-refractivity contribution is 5.14. The molecule has 1 fully saturated rings. The average Bonchev–Trinajstić information content (AvgIpc) is 2.83. The summed E-state index contributed by atoms with van der Waals surface area (Å²) < 4.78 is 5.30. The first-order valence-corrected chi connectivity index (χ1v) is 6.24. The van der Waals surface area contributed by atoms with E-state index in [1.165, 1.54) is 5.56 Å². The van der Waals surface area contributed by atoms with Gasteiger partial charge in [0.1, 0.15) is 0 Å². The number of nitrogens with zero attached hydrogens (tertiary/aromatic N) is 1. The average molecular weight is 235 g/mol. The van der Waals surface area contributed by atoms with E-state index in [4.69, 9.17) is 4.74 Å². The van der Waals surface area contributed by atoms with Crippen molar-refractivity contribution in [1.82, 2.24) is 4.90 Å². The molecule has 1 aromatic rings. The summed E-state index contributed by atoms with van der Waals surface area (Å²) in [5.74, 6) is 0.313. The molecule has 3 heteroatoms. The second-order valence-electron chi connectivity index (χ2n) is 4.87. The predicted octanol–water partition coefficient (Wildman–Crippen LogP) is 1.52. The number of hydrogen-bond acceptors (Lipinski definition) is 3. The number of aliphatic hydroxyl groups is 1. The lowest BCUT2D eigenvalue weighted by Gasteiger charge is -2.23. The van der Waals surface area contributed by atoms with E-state index in [-0.39, 0.29) is 6.10 Å². The molecule has 1 heterocycles. The summed E-state index contributed by atoms with van der Waals surface area (Å²) in [5, 5.41) is 10.1. The molecule has 1 saturated heterocycles. The zero-order valence-corrected chi connectivity index (χ0v) is 10.4. The number of aliphatic hydroxyl groups excluding tert-OH is 1. The van der Waals surface area contributed by atoms with Gasteiger partial charge >= 0.3 is 0 Å². The standard InChI is InChI=1S/C14H21NO2/c1-15(9-12-5-3-2-4-6-12)10-14(16)13-7-8-17-11-13/h2-6,13-14,16H,7-11H2,1H3. The molecule has 17 heavy (non-hydrogen) atoms. The molecule has 3 nitrogen and oxygen atoms in total. The van der Waals surface area contributed by atoms with Gasteiger partial charge < -0.3 is 9.84 Å². The fourth-order valence-electron chi connectivity index (χ4n) is 2.28. The normalized spacial score (nSPS) is 21.9. The number of ether oxygens (including phenoxy) is 1. The van der Waals surface area contributed by atoms with E-state index in [0.717, 1.165) is 19.6 Å². The third kappa shape index (κ3) is 3.80. The van der Waals surface area contributed by atoms with Crippen molar-refractivity contribution < 1.29 is 9.84 Å². The van der Waals surface area contributed by atoms with Crippen LogP contribution in [0.1, 0.15) is 12.0 Å². The van der Waals surface area contributed by atoms with Crippen LogP contribution in [0.4, 0.5) is 0 Å². The lowest BCUT2D eigenvalue weighted by molar-refractivity contribution is 0.0615. The van der Waals surface area contributed by atoms with Crippen LogP contribution in [0.2, 0.25) is 0 Å². The van der Waals surface area contributed by atoms with Crippen LogP contribution in [0.25, 0.3) is 0 Å². The maximum absolute atomic E-state index is 10.1. The molecule has 0 amide bonds. The number of likely N-dealkylation sites (N-methyl/N-ethyl adjacent to an activating group) is 1. The highest BCUT2D eigenvalue weighted by Gasteiger charge is 2.24. The number of rotatable bonds is 5. The first kappa shape index (κ1) is 12.6. The van der Waals surface area contributed by atoms with Crippen molar-refractivity contribution in [2.24, 2.45) is 5.92 Å². The SMILES string of the molecule is CN(Cc1ccccc1)CC(O)C1CCOC1. The first-order chi connectivity index (χ1) is 8.25. The lowest BCUT2D eigenvalue weighted by atomic mass is 10.0. The Morgan fingerprint density at radius 1 is 1.41 bits per heavy atom. The van der Waals surface area contributed by atoms with E-state index >= 15 is 0 Å². The second-order valence-corrected chi connectivity index (χ2v) is 4.87. The van der Waals surface area contributed by atoms with E-state index in [0.29, 0.717) is 19.1 Å². The van der Waals surface area contributed by atoms with Crippen LogP contribution in [0, 0.1) is 5.92 Å². The summed E-state index contributed by atoms with van der Waals surface area (Å²) in [6.45, 7) is 3.10. The third-order valence-electron chi connectivity index (χ3n) is 3.30. The van der Waals surface area contributed by atoms with Crippen LogP contribution < -0.4 is 0 Å². The summed E-state index contributed by atoms with van der Waals surface area (Å²) in [6, 6.07) is 10.3. The van der Waals surface area contributed by atoms with Gasteiger partial charge in [-0.05, 0) is 19.0 Å². The highest BCUT2D eigenvalue weighted by Crippen LogP contribution is 2.17. The van der Waals surface area contributed by atoms with Crippen LogP contribution >= 0.6 is 0 Å². The smallest absolute Gasteiger partial charge is 0.0718 e. The topological polar surface area (TPSA) is 32.7 Å². The van der Waals surface area contributed by atoms with Crippen LogP contribution in [-0.2, 0) is 11.3 Å². The van der Waals surface area contributed by atoms with Crippen molar-refractivity contribution >= 4 is 0 Å². The Morgan fingerprint density at radius 2 is 2.18 bits per heavy atom. The van der Waals surface area contributed by atoms with Crippen molar-refractivity contribution in [3.05, 3.63) is 35.9 Å². The van der Waals surface area contributed by atoms with Gasteiger partial charge in [-0.3, -0.25) is 4.90 Å². The summed E-state index contributed by atoms with van der Waals surface area (Å²) in [5.41, 5.74) is 1.28. The van der Waals surface area contributed by atoms with Crippen LogP contribution in [-0.4, -0.2) is 42.9 Å². The zero-order chi connectivity index (χ0) is 12.1. The predicted molar refractivity (Wildman–Crippen MR) is 67.7 cm³/mol. The van der Waals surface area contributed by atoms with Crippen molar-refractivity contribution in [2.75, 3.05) is 26.8 Å². The summed E-state index contributed by atoms with van der Waals surface area (Å²) in [4.78, 5) is 2.16. The minimum absolute atomic E-state index is 0.272. The van der Waals surface area contributed by atoms with Gasteiger partial charge in [0.05, 0.1) is 12.7 Å². The lowest BCUT2D eigenvalue weighted by Crippen LogP contribution is -2.34. The first-order valence-electron chi connectivity index (χ1n) is 6.24. The molecule has 0 aromatic heterocycles. The van der Waals surface area contributed by atoms with Gasteiger partial charge in [0, 0.05) is 25.6 Å². The van der Waals surface area contributed by atoms with Crippen molar-refractivity contribution in [1.29, 1.82) is 0 Å². The Hall–Kier alpha value is -0.900. The van der Waals surface area contributed by atoms with E-state index < -0.39 is 0 Å². The van der Waals surface area contributed by atoms with Crippen molar-refractivity contribution in [3.63, 3.8) is 0 Å². The molecule has 0 spiro atoms. The summed E-state index contributed by atoms with van der Waals surface area (Å²) in [6.07, 6.45) is 0.714. The molecule has 2 unspecified atom stereocenters. The number of hydrogen-bond donors (Lipinski definition) is 1. The van der Waals surface area contributed by atoms with Gasteiger partial charge in [0.15, 0.2) is 0 Å². The van der Waals surface area contributed by atoms with Gasteiger partial charge in [-0.25, -0.2) is 0 Å². The highest BCUT2D eigenvalue weighted by atomic mass is 16.5. The monoisotopic (exact) mass is 235 g/mol. The Morgan fingerprint density at radius 3 is 2.82 bits per heavy atom. The molecule has 0 bridgehead atoms. The van der Waals surface area contributed by atoms with Gasteiger partial charge in [-0.1, -0.05) is 30.3 Å². The minimum Gasteiger partial charge on any atom is -0.391 e. The quantitative estimate of drug-likeness (QED) is 0.840. The van der Waals surface area contributed by atoms with E-state index in [2.05, 4.69) is 17.0 Å². The number of benzene rings is 1. The fourth-order valence-corrected chi connectivity index (χ4v) is 2.28. The van der Waals surface area contributed by atoms with Gasteiger partial charge in [0.25, 0.3) is 0 Å². The maximum atomic E-state index is 10.1. The molecule has 2 atom stereocenters. The van der Waals surface area contributed by atoms with Gasteiger partial charge in [-0.2, -0.15) is 0 Å². The Kier molecular flexibility index (Phi) is 4.54. The van der Waals surface area contributed by atoms with E-state index in [9.17, 15) is 5.11 Å². The molecule has 0 aliphatic carbocycles. The van der Waals surface area contributed by atoms with Crippen LogP contribution in [0.3, 0.4) is 0 Å². The Labute approximate surface area is 103 Å². The molecule has 1 aliphatic rings. The fraction of sp³-hybridized carbons (Fsp3) is 0.571. The molecule has 94 valence electrons. The van der Waals surface area contributed by atoms with Crippen molar-refractivity contribution in [3.8, 4) is 0 Å². The van der Waals surface area contributed by atoms with Crippen LogP contribution in [0.5, 0.6) is 0 Å². The molecule has 0 saturated carbocycles.